The topological polar surface area (TPSA) is 38.7 Å². The minimum atomic E-state index is -2.89. The van der Waals surface area contributed by atoms with Gasteiger partial charge in [-0.1, -0.05) is 26.7 Å². The molecule has 5 heteroatoms. The number of rotatable bonds is 11. The van der Waals surface area contributed by atoms with E-state index in [0.29, 0.717) is 19.3 Å². The summed E-state index contributed by atoms with van der Waals surface area (Å²) in [5, 5.41) is 0. The van der Waals surface area contributed by atoms with E-state index >= 15 is 0 Å². The van der Waals surface area contributed by atoms with E-state index in [2.05, 4.69) is 26.5 Å². The Hall–Kier alpha value is 0.447. The van der Waals surface area contributed by atoms with Crippen LogP contribution < -0.4 is 0 Å². The van der Waals surface area contributed by atoms with E-state index in [1.807, 2.05) is 0 Å². The van der Waals surface area contributed by atoms with Crippen LogP contribution in [0.15, 0.2) is 0 Å². The summed E-state index contributed by atoms with van der Waals surface area (Å²) in [6.45, 7) is 5.43. The maximum Gasteiger partial charge on any atom is 0.498 e. The molecular formula is C11H26O3SSi. The maximum absolute atomic E-state index is 10.3. The fourth-order valence-corrected chi connectivity index (χ4v) is 3.62. The van der Waals surface area contributed by atoms with E-state index in [1.165, 1.54) is 0 Å². The zero-order chi connectivity index (χ0) is 12.3. The van der Waals surface area contributed by atoms with E-state index in [0.717, 1.165) is 37.9 Å². The number of unbranched alkanes of at least 4 members (excludes halogenated alkanes) is 2. The summed E-state index contributed by atoms with van der Waals surface area (Å²) in [7, 11) is -2.89. The predicted octanol–water partition coefficient (Wildman–Crippen LogP) is 2.87. The molecule has 0 rings (SSSR count). The highest BCUT2D eigenvalue weighted by molar-refractivity contribution is 7.80. The number of thiol groups is 1. The van der Waals surface area contributed by atoms with Gasteiger partial charge in [-0.05, 0) is 25.0 Å². The van der Waals surface area contributed by atoms with Crippen molar-refractivity contribution >= 4 is 21.4 Å². The van der Waals surface area contributed by atoms with Crippen molar-refractivity contribution in [2.45, 2.75) is 52.0 Å². The highest BCUT2D eigenvalue weighted by Crippen LogP contribution is 2.14. The Bertz CT molecular complexity index is 148. The molecule has 0 bridgehead atoms. The van der Waals surface area contributed by atoms with Crippen molar-refractivity contribution in [1.29, 1.82) is 0 Å². The van der Waals surface area contributed by atoms with E-state index in [9.17, 15) is 4.80 Å². The lowest BCUT2D eigenvalue weighted by Gasteiger charge is -2.24. The molecule has 0 aromatic rings. The molecule has 3 nitrogen and oxygen atoms in total. The van der Waals surface area contributed by atoms with Crippen LogP contribution in [0, 0.1) is 0 Å². The molecule has 0 aliphatic heterocycles. The standard InChI is InChI=1S/C11H26O3SSi/c1-3-5-8-13-16(12,11-7-10-15)14-9-6-4-2/h12,15H,3-11H2,1-2H3. The fourth-order valence-electron chi connectivity index (χ4n) is 1.24. The molecule has 16 heavy (non-hydrogen) atoms. The largest absolute Gasteiger partial charge is 0.498 e. The van der Waals surface area contributed by atoms with Crippen molar-refractivity contribution in [2.75, 3.05) is 19.0 Å². The zero-order valence-electron chi connectivity index (χ0n) is 10.6. The summed E-state index contributed by atoms with van der Waals surface area (Å²) in [5.41, 5.74) is 0. The average Bonchev–Trinajstić information content (AvgIpc) is 2.27. The lowest BCUT2D eigenvalue weighted by atomic mass is 10.4. The van der Waals surface area contributed by atoms with Gasteiger partial charge in [0.25, 0.3) is 0 Å². The third-order valence-electron chi connectivity index (χ3n) is 2.30. The molecule has 0 saturated carbocycles. The molecule has 98 valence electrons. The van der Waals surface area contributed by atoms with Gasteiger partial charge in [-0.3, -0.25) is 0 Å². The Kier molecular flexibility index (Phi) is 10.9. The van der Waals surface area contributed by atoms with Crippen molar-refractivity contribution < 1.29 is 13.6 Å². The van der Waals surface area contributed by atoms with Crippen molar-refractivity contribution in [1.82, 2.24) is 0 Å². The van der Waals surface area contributed by atoms with E-state index in [-0.39, 0.29) is 0 Å². The first-order valence-corrected chi connectivity index (χ1v) is 8.90. The van der Waals surface area contributed by atoms with Gasteiger partial charge in [0.15, 0.2) is 0 Å². The van der Waals surface area contributed by atoms with Crippen LogP contribution in [-0.4, -0.2) is 32.6 Å². The summed E-state index contributed by atoms with van der Waals surface area (Å²) in [4.78, 5) is 10.3. The molecule has 0 fully saturated rings. The average molecular weight is 266 g/mol. The van der Waals surface area contributed by atoms with Crippen LogP contribution >= 0.6 is 12.6 Å². The second-order valence-corrected chi connectivity index (χ2v) is 6.89. The second kappa shape index (κ2) is 10.6. The third-order valence-corrected chi connectivity index (χ3v) is 4.91. The molecule has 0 heterocycles. The first-order chi connectivity index (χ1) is 7.68. The highest BCUT2D eigenvalue weighted by atomic mass is 32.1. The molecule has 0 aliphatic rings. The van der Waals surface area contributed by atoms with E-state index in [4.69, 9.17) is 8.85 Å². The van der Waals surface area contributed by atoms with Crippen molar-refractivity contribution in [3.05, 3.63) is 0 Å². The lowest BCUT2D eigenvalue weighted by molar-refractivity contribution is 0.0945. The molecule has 0 aromatic carbocycles. The lowest BCUT2D eigenvalue weighted by Crippen LogP contribution is -2.43. The SMILES string of the molecule is CCCCO[Si](O)(CCCS)OCCCC. The molecule has 0 saturated heterocycles. The van der Waals surface area contributed by atoms with Gasteiger partial charge < -0.3 is 13.6 Å². The van der Waals surface area contributed by atoms with Crippen LogP contribution in [0.3, 0.4) is 0 Å². The van der Waals surface area contributed by atoms with Crippen LogP contribution in [0.25, 0.3) is 0 Å². The third kappa shape index (κ3) is 8.58. The molecular weight excluding hydrogens is 240 g/mol. The van der Waals surface area contributed by atoms with Gasteiger partial charge in [0.2, 0.25) is 0 Å². The van der Waals surface area contributed by atoms with Gasteiger partial charge >= 0.3 is 8.80 Å². The van der Waals surface area contributed by atoms with Crippen molar-refractivity contribution in [3.8, 4) is 0 Å². The quantitative estimate of drug-likeness (QED) is 0.343. The minimum Gasteiger partial charge on any atom is -0.390 e. The Labute approximate surface area is 106 Å². The maximum atomic E-state index is 10.3. The summed E-state index contributed by atoms with van der Waals surface area (Å²) in [5.74, 6) is 0.767. The van der Waals surface area contributed by atoms with Gasteiger partial charge in [0.1, 0.15) is 0 Å². The first kappa shape index (κ1) is 16.4. The van der Waals surface area contributed by atoms with Gasteiger partial charge in [-0.25, -0.2) is 0 Å². The van der Waals surface area contributed by atoms with E-state index in [1.54, 1.807) is 0 Å². The molecule has 1 N–H and O–H groups in total. The molecule has 0 aliphatic carbocycles. The van der Waals surface area contributed by atoms with Crippen LogP contribution in [0.1, 0.15) is 46.0 Å². The Balaban J connectivity index is 3.91. The van der Waals surface area contributed by atoms with Crippen molar-refractivity contribution in [2.24, 2.45) is 0 Å². The van der Waals surface area contributed by atoms with Crippen LogP contribution in [0.4, 0.5) is 0 Å². The molecule has 0 atom stereocenters. The summed E-state index contributed by atoms with van der Waals surface area (Å²) < 4.78 is 11.1. The highest BCUT2D eigenvalue weighted by Gasteiger charge is 2.35. The van der Waals surface area contributed by atoms with Crippen molar-refractivity contribution in [3.63, 3.8) is 0 Å². The van der Waals surface area contributed by atoms with Gasteiger partial charge in [0, 0.05) is 19.3 Å². The van der Waals surface area contributed by atoms with Gasteiger partial charge in [0.05, 0.1) is 0 Å². The normalized spacial score (nSPS) is 12.0. The zero-order valence-corrected chi connectivity index (χ0v) is 12.5. The van der Waals surface area contributed by atoms with Crippen LogP contribution in [0.2, 0.25) is 6.04 Å². The Morgan fingerprint density at radius 2 is 1.50 bits per heavy atom. The molecule has 0 spiro atoms. The Morgan fingerprint density at radius 1 is 1.00 bits per heavy atom. The monoisotopic (exact) mass is 266 g/mol. The summed E-state index contributed by atoms with van der Waals surface area (Å²) in [6, 6.07) is 0.629. The predicted molar refractivity (Wildman–Crippen MR) is 73.0 cm³/mol. The summed E-state index contributed by atoms with van der Waals surface area (Å²) in [6.07, 6.45) is 4.96. The van der Waals surface area contributed by atoms with Crippen LogP contribution in [-0.2, 0) is 8.85 Å². The minimum absolute atomic E-state index is 0.609. The smallest absolute Gasteiger partial charge is 0.390 e. The molecule has 0 radical (unpaired) electrons. The van der Waals surface area contributed by atoms with Gasteiger partial charge in [-0.15, -0.1) is 0 Å². The second-order valence-electron chi connectivity index (χ2n) is 3.94. The van der Waals surface area contributed by atoms with E-state index < -0.39 is 8.80 Å². The fraction of sp³-hybridized carbons (Fsp3) is 1.00. The number of hydrogen-bond acceptors (Lipinski definition) is 4. The van der Waals surface area contributed by atoms with Gasteiger partial charge in [-0.2, -0.15) is 12.6 Å². The number of hydrogen-bond donors (Lipinski definition) is 2. The summed E-state index contributed by atoms with van der Waals surface area (Å²) >= 11 is 4.15. The first-order valence-electron chi connectivity index (χ1n) is 6.29. The Morgan fingerprint density at radius 3 is 1.88 bits per heavy atom. The molecule has 0 unspecified atom stereocenters. The van der Waals surface area contributed by atoms with Crippen LogP contribution in [0.5, 0.6) is 0 Å². The molecule has 0 aromatic heterocycles. The molecule has 0 amide bonds.